The van der Waals surface area contributed by atoms with Crippen molar-refractivity contribution in [2.75, 3.05) is 7.11 Å². The number of aromatic nitrogens is 1. The average molecular weight is 332 g/mol. The van der Waals surface area contributed by atoms with E-state index in [1.54, 1.807) is 0 Å². The van der Waals surface area contributed by atoms with Crippen LogP contribution in [0.3, 0.4) is 0 Å². The zero-order chi connectivity index (χ0) is 16.7. The molecule has 0 amide bonds. The van der Waals surface area contributed by atoms with E-state index in [2.05, 4.69) is 0 Å². The lowest BCUT2D eigenvalue weighted by Crippen LogP contribution is -2.12. The van der Waals surface area contributed by atoms with Crippen molar-refractivity contribution in [1.82, 2.24) is 4.57 Å². The Bertz CT molecular complexity index is 790. The second-order valence-electron chi connectivity index (χ2n) is 5.88. The van der Waals surface area contributed by atoms with Gasteiger partial charge >= 0.3 is 5.97 Å². The third-order valence-electron chi connectivity index (χ3n) is 4.46. The molecule has 1 aromatic carbocycles. The Morgan fingerprint density at radius 2 is 1.87 bits per heavy atom. The zero-order valence-electron chi connectivity index (χ0n) is 13.4. The number of ether oxygens (including phenoxy) is 1. The van der Waals surface area contributed by atoms with Gasteiger partial charge in [-0.15, -0.1) is 0 Å². The molecular formula is C18H18ClNO3. The molecule has 120 valence electrons. The summed E-state index contributed by atoms with van der Waals surface area (Å²) in [6.45, 7) is 4.39. The molecule has 0 saturated heterocycles. The van der Waals surface area contributed by atoms with Crippen molar-refractivity contribution in [3.05, 3.63) is 57.4 Å². The van der Waals surface area contributed by atoms with Crippen LogP contribution in [0.5, 0.6) is 0 Å². The van der Waals surface area contributed by atoms with E-state index in [9.17, 15) is 9.59 Å². The molecule has 1 aliphatic rings. The number of rotatable bonds is 3. The lowest BCUT2D eigenvalue weighted by Gasteiger charge is -2.07. The number of carbonyl (C=O) groups is 2. The normalized spacial score (nSPS) is 16.3. The van der Waals surface area contributed by atoms with Gasteiger partial charge in [-0.1, -0.05) is 41.4 Å². The molecular weight excluding hydrogens is 314 g/mol. The molecule has 5 heteroatoms. The van der Waals surface area contributed by atoms with Crippen molar-refractivity contribution >= 4 is 23.4 Å². The molecule has 23 heavy (non-hydrogen) atoms. The van der Waals surface area contributed by atoms with Gasteiger partial charge in [0.15, 0.2) is 0 Å². The quantitative estimate of drug-likeness (QED) is 0.637. The summed E-state index contributed by atoms with van der Waals surface area (Å²) in [5.74, 6) is -0.774. The molecule has 1 unspecified atom stereocenters. The molecule has 0 bridgehead atoms. The van der Waals surface area contributed by atoms with Crippen molar-refractivity contribution in [2.24, 2.45) is 0 Å². The van der Waals surface area contributed by atoms with Crippen LogP contribution in [0.1, 0.15) is 45.2 Å². The van der Waals surface area contributed by atoms with Crippen molar-refractivity contribution < 1.29 is 14.3 Å². The fourth-order valence-electron chi connectivity index (χ4n) is 3.21. The first-order valence-electron chi connectivity index (χ1n) is 7.53. The van der Waals surface area contributed by atoms with Crippen LogP contribution in [0.25, 0.3) is 0 Å². The largest absolute Gasteiger partial charge is 0.469 e. The Morgan fingerprint density at radius 1 is 1.22 bits per heavy atom. The number of nitrogens with zero attached hydrogens (tertiary/aromatic N) is 1. The maximum atomic E-state index is 12.9. The van der Waals surface area contributed by atoms with Crippen molar-refractivity contribution in [3.8, 4) is 0 Å². The Labute approximate surface area is 140 Å². The van der Waals surface area contributed by atoms with Crippen LogP contribution in [-0.4, -0.2) is 23.4 Å². The van der Waals surface area contributed by atoms with E-state index in [1.165, 1.54) is 7.11 Å². The average Bonchev–Trinajstić information content (AvgIpc) is 3.07. The molecule has 0 aliphatic carbocycles. The Morgan fingerprint density at radius 3 is 2.48 bits per heavy atom. The van der Waals surface area contributed by atoms with Crippen LogP contribution in [0, 0.1) is 13.8 Å². The summed E-state index contributed by atoms with van der Waals surface area (Å²) in [5.41, 5.74) is 3.72. The summed E-state index contributed by atoms with van der Waals surface area (Å²) >= 11 is 6.43. The van der Waals surface area contributed by atoms with E-state index < -0.39 is 5.92 Å². The Balaban J connectivity index is 2.08. The minimum atomic E-state index is -0.397. The molecule has 0 spiro atoms. The summed E-state index contributed by atoms with van der Waals surface area (Å²) in [6, 6.07) is 7.46. The first kappa shape index (κ1) is 15.8. The molecule has 4 nitrogen and oxygen atoms in total. The molecule has 3 rings (SSSR count). The van der Waals surface area contributed by atoms with Gasteiger partial charge in [-0.05, 0) is 25.8 Å². The van der Waals surface area contributed by atoms with Crippen LogP contribution in [0.4, 0.5) is 0 Å². The zero-order valence-corrected chi connectivity index (χ0v) is 14.1. The number of benzene rings is 1. The van der Waals surface area contributed by atoms with Gasteiger partial charge < -0.3 is 9.30 Å². The molecule has 2 heterocycles. The number of methoxy groups -OCH3 is 1. The van der Waals surface area contributed by atoms with Gasteiger partial charge in [0.1, 0.15) is 5.92 Å². The highest BCUT2D eigenvalue weighted by Crippen LogP contribution is 2.40. The molecule has 2 aromatic rings. The van der Waals surface area contributed by atoms with Gasteiger partial charge in [-0.25, -0.2) is 0 Å². The SMILES string of the molecule is COC(=O)C1CCn2c(C(=O)c3ccc(C)cc3)c(C)c(Cl)c21. The number of hydrogen-bond acceptors (Lipinski definition) is 3. The van der Waals surface area contributed by atoms with Crippen LogP contribution in [0.2, 0.25) is 5.02 Å². The van der Waals surface area contributed by atoms with E-state index in [0.717, 1.165) is 11.1 Å². The van der Waals surface area contributed by atoms with E-state index >= 15 is 0 Å². The number of hydrogen-bond donors (Lipinski definition) is 0. The van der Waals surface area contributed by atoms with Crippen LogP contribution in [-0.2, 0) is 16.1 Å². The van der Waals surface area contributed by atoms with Crippen molar-refractivity contribution in [2.45, 2.75) is 32.7 Å². The van der Waals surface area contributed by atoms with Crippen LogP contribution >= 0.6 is 11.6 Å². The minimum absolute atomic E-state index is 0.0684. The smallest absolute Gasteiger partial charge is 0.314 e. The first-order valence-corrected chi connectivity index (χ1v) is 7.91. The van der Waals surface area contributed by atoms with Gasteiger partial charge in [-0.3, -0.25) is 9.59 Å². The minimum Gasteiger partial charge on any atom is -0.469 e. The standard InChI is InChI=1S/C18H18ClNO3/c1-10-4-6-12(7-5-10)17(21)15-11(2)14(19)16-13(18(22)23-3)8-9-20(15)16/h4-7,13H,8-9H2,1-3H3. The number of aryl methyl sites for hydroxylation is 1. The molecule has 0 saturated carbocycles. The number of carbonyl (C=O) groups excluding carboxylic acids is 2. The summed E-state index contributed by atoms with van der Waals surface area (Å²) in [4.78, 5) is 24.8. The predicted octanol–water partition coefficient (Wildman–Crippen LogP) is 3.65. The monoisotopic (exact) mass is 331 g/mol. The number of halogens is 1. The second kappa shape index (κ2) is 5.85. The Kier molecular flexibility index (Phi) is 4.02. The molecule has 1 atom stereocenters. The van der Waals surface area contributed by atoms with Gasteiger partial charge in [0, 0.05) is 12.1 Å². The molecule has 0 N–H and O–H groups in total. The van der Waals surface area contributed by atoms with E-state index in [-0.39, 0.29) is 11.8 Å². The third kappa shape index (κ3) is 2.47. The fourth-order valence-corrected chi connectivity index (χ4v) is 3.54. The van der Waals surface area contributed by atoms with Crippen molar-refractivity contribution in [3.63, 3.8) is 0 Å². The number of esters is 1. The fraction of sp³-hybridized carbons (Fsp3) is 0.333. The molecule has 1 aromatic heterocycles. The molecule has 0 fully saturated rings. The molecule has 0 radical (unpaired) electrons. The topological polar surface area (TPSA) is 48.3 Å². The highest BCUT2D eigenvalue weighted by atomic mass is 35.5. The Hall–Kier alpha value is -2.07. The summed E-state index contributed by atoms with van der Waals surface area (Å²) < 4.78 is 6.73. The van der Waals surface area contributed by atoms with Gasteiger partial charge in [0.25, 0.3) is 0 Å². The summed E-state index contributed by atoms with van der Waals surface area (Å²) in [7, 11) is 1.37. The van der Waals surface area contributed by atoms with E-state index in [0.29, 0.717) is 34.9 Å². The van der Waals surface area contributed by atoms with Gasteiger partial charge in [-0.2, -0.15) is 0 Å². The predicted molar refractivity (Wildman–Crippen MR) is 88.2 cm³/mol. The summed E-state index contributed by atoms with van der Waals surface area (Å²) in [5, 5.41) is 0.494. The van der Waals surface area contributed by atoms with Crippen LogP contribution < -0.4 is 0 Å². The van der Waals surface area contributed by atoms with E-state index in [4.69, 9.17) is 16.3 Å². The highest BCUT2D eigenvalue weighted by molar-refractivity contribution is 6.33. The lowest BCUT2D eigenvalue weighted by molar-refractivity contribution is -0.142. The maximum Gasteiger partial charge on any atom is 0.314 e. The second-order valence-corrected chi connectivity index (χ2v) is 6.26. The lowest BCUT2D eigenvalue weighted by atomic mass is 10.0. The van der Waals surface area contributed by atoms with Crippen LogP contribution in [0.15, 0.2) is 24.3 Å². The van der Waals surface area contributed by atoms with Gasteiger partial charge in [0.2, 0.25) is 5.78 Å². The highest BCUT2D eigenvalue weighted by Gasteiger charge is 2.37. The number of fused-ring (bicyclic) bond motifs is 1. The summed E-state index contributed by atoms with van der Waals surface area (Å²) in [6.07, 6.45) is 0.607. The van der Waals surface area contributed by atoms with Crippen molar-refractivity contribution in [1.29, 1.82) is 0 Å². The molecule has 1 aliphatic heterocycles. The third-order valence-corrected chi connectivity index (χ3v) is 4.93. The van der Waals surface area contributed by atoms with Gasteiger partial charge in [0.05, 0.1) is 23.5 Å². The number of ketones is 1. The van der Waals surface area contributed by atoms with E-state index in [1.807, 2.05) is 42.7 Å². The maximum absolute atomic E-state index is 12.9. The first-order chi connectivity index (χ1) is 11.0.